The van der Waals surface area contributed by atoms with Gasteiger partial charge in [-0.05, 0) is 36.1 Å². The summed E-state index contributed by atoms with van der Waals surface area (Å²) in [5.41, 5.74) is 0.711. The van der Waals surface area contributed by atoms with Gasteiger partial charge in [0.05, 0.1) is 11.6 Å². The molecular formula is C16H21ClO4. The Morgan fingerprint density at radius 1 is 1.33 bits per heavy atom. The van der Waals surface area contributed by atoms with Gasteiger partial charge in [-0.25, -0.2) is 4.79 Å². The Morgan fingerprint density at radius 2 is 2.10 bits per heavy atom. The van der Waals surface area contributed by atoms with Crippen molar-refractivity contribution in [2.24, 2.45) is 5.92 Å². The molecule has 0 atom stereocenters. The quantitative estimate of drug-likeness (QED) is 0.555. The third-order valence-corrected chi connectivity index (χ3v) is 2.99. The predicted octanol–water partition coefficient (Wildman–Crippen LogP) is 3.88. The minimum atomic E-state index is -0.995. The van der Waals surface area contributed by atoms with Crippen LogP contribution in [-0.2, 0) is 9.53 Å². The van der Waals surface area contributed by atoms with Crippen LogP contribution in [0.5, 0.6) is 5.75 Å². The molecule has 0 heterocycles. The molecule has 1 aromatic carbocycles. The van der Waals surface area contributed by atoms with Crippen molar-refractivity contribution in [3.8, 4) is 5.75 Å². The SMILES string of the molecule is CC(C)CCOCCOc1ccc(C=CC(=O)O)cc1Cl. The molecule has 0 unspecified atom stereocenters. The number of ether oxygens (including phenoxy) is 2. The number of halogens is 1. The van der Waals surface area contributed by atoms with E-state index in [4.69, 9.17) is 26.2 Å². The highest BCUT2D eigenvalue weighted by Crippen LogP contribution is 2.25. The van der Waals surface area contributed by atoms with E-state index in [0.717, 1.165) is 19.1 Å². The molecule has 116 valence electrons. The molecule has 0 saturated heterocycles. The van der Waals surface area contributed by atoms with Gasteiger partial charge in [-0.1, -0.05) is 31.5 Å². The van der Waals surface area contributed by atoms with Crippen molar-refractivity contribution in [1.82, 2.24) is 0 Å². The van der Waals surface area contributed by atoms with Gasteiger partial charge in [0.1, 0.15) is 12.4 Å². The average Bonchev–Trinajstić information content (AvgIpc) is 2.41. The summed E-state index contributed by atoms with van der Waals surface area (Å²) in [6.07, 6.45) is 3.58. The molecule has 0 radical (unpaired) electrons. The fraction of sp³-hybridized carbons (Fsp3) is 0.438. The number of carboxylic acids is 1. The van der Waals surface area contributed by atoms with Gasteiger partial charge >= 0.3 is 5.97 Å². The Kier molecular flexibility index (Phi) is 7.87. The minimum absolute atomic E-state index is 0.433. The van der Waals surface area contributed by atoms with Gasteiger partial charge in [0.25, 0.3) is 0 Å². The fourth-order valence-electron chi connectivity index (χ4n) is 1.54. The lowest BCUT2D eigenvalue weighted by molar-refractivity contribution is -0.131. The van der Waals surface area contributed by atoms with Crippen molar-refractivity contribution in [3.63, 3.8) is 0 Å². The molecule has 0 fully saturated rings. The molecule has 21 heavy (non-hydrogen) atoms. The van der Waals surface area contributed by atoms with Crippen LogP contribution in [0.3, 0.4) is 0 Å². The largest absolute Gasteiger partial charge is 0.490 e. The fourth-order valence-corrected chi connectivity index (χ4v) is 1.78. The zero-order valence-electron chi connectivity index (χ0n) is 12.3. The smallest absolute Gasteiger partial charge is 0.328 e. The number of rotatable bonds is 9. The summed E-state index contributed by atoms with van der Waals surface area (Å²) in [5.74, 6) is 0.202. The van der Waals surface area contributed by atoms with Crippen molar-refractivity contribution >= 4 is 23.6 Å². The van der Waals surface area contributed by atoms with Crippen LogP contribution in [0, 0.1) is 5.92 Å². The molecule has 0 aliphatic heterocycles. The first-order chi connectivity index (χ1) is 9.99. The highest BCUT2D eigenvalue weighted by molar-refractivity contribution is 6.32. The van der Waals surface area contributed by atoms with Crippen LogP contribution in [0.2, 0.25) is 5.02 Å². The lowest BCUT2D eigenvalue weighted by Crippen LogP contribution is -2.08. The van der Waals surface area contributed by atoms with E-state index in [-0.39, 0.29) is 0 Å². The summed E-state index contributed by atoms with van der Waals surface area (Å²) in [5, 5.41) is 9.01. The molecule has 0 bridgehead atoms. The molecule has 1 aromatic rings. The van der Waals surface area contributed by atoms with E-state index in [0.29, 0.717) is 35.5 Å². The van der Waals surface area contributed by atoms with Gasteiger partial charge in [-0.15, -0.1) is 0 Å². The van der Waals surface area contributed by atoms with Crippen LogP contribution in [0.4, 0.5) is 0 Å². The Balaban J connectivity index is 2.37. The molecule has 0 aliphatic carbocycles. The highest BCUT2D eigenvalue weighted by atomic mass is 35.5. The summed E-state index contributed by atoms with van der Waals surface area (Å²) in [7, 11) is 0. The summed E-state index contributed by atoms with van der Waals surface area (Å²) >= 11 is 6.08. The molecule has 0 spiro atoms. The second-order valence-corrected chi connectivity index (χ2v) is 5.41. The number of hydrogen-bond acceptors (Lipinski definition) is 3. The summed E-state index contributed by atoms with van der Waals surface area (Å²) < 4.78 is 11.0. The molecule has 1 rings (SSSR count). The minimum Gasteiger partial charge on any atom is -0.490 e. The Labute approximate surface area is 130 Å². The molecule has 4 nitrogen and oxygen atoms in total. The standard InChI is InChI=1S/C16H21ClO4/c1-12(2)7-8-20-9-10-21-15-5-3-13(11-14(15)17)4-6-16(18)19/h3-6,11-12H,7-10H2,1-2H3,(H,18,19). The second kappa shape index (κ2) is 9.42. The van der Waals surface area contributed by atoms with Crippen molar-refractivity contribution in [3.05, 3.63) is 34.9 Å². The third kappa shape index (κ3) is 7.73. The lowest BCUT2D eigenvalue weighted by atomic mass is 10.1. The Morgan fingerprint density at radius 3 is 2.71 bits per heavy atom. The molecule has 0 aliphatic rings. The molecule has 0 saturated carbocycles. The van der Waals surface area contributed by atoms with Gasteiger partial charge in [-0.2, -0.15) is 0 Å². The maximum absolute atomic E-state index is 10.4. The van der Waals surface area contributed by atoms with Gasteiger partial charge in [0.15, 0.2) is 0 Å². The highest BCUT2D eigenvalue weighted by Gasteiger charge is 2.02. The number of hydrogen-bond donors (Lipinski definition) is 1. The molecular weight excluding hydrogens is 292 g/mol. The summed E-state index contributed by atoms with van der Waals surface area (Å²) in [4.78, 5) is 10.4. The molecule has 0 aromatic heterocycles. The molecule has 5 heteroatoms. The van der Waals surface area contributed by atoms with E-state index in [1.165, 1.54) is 6.08 Å². The van der Waals surface area contributed by atoms with Crippen LogP contribution in [0.1, 0.15) is 25.8 Å². The maximum Gasteiger partial charge on any atom is 0.328 e. The zero-order chi connectivity index (χ0) is 15.7. The van der Waals surface area contributed by atoms with Crippen LogP contribution >= 0.6 is 11.6 Å². The number of carboxylic acid groups (broad SMARTS) is 1. The second-order valence-electron chi connectivity index (χ2n) is 5.00. The van der Waals surface area contributed by atoms with Crippen LogP contribution in [-0.4, -0.2) is 30.9 Å². The first-order valence-electron chi connectivity index (χ1n) is 6.90. The Hall–Kier alpha value is -1.52. The number of carbonyl (C=O) groups is 1. The zero-order valence-corrected chi connectivity index (χ0v) is 13.1. The summed E-state index contributed by atoms with van der Waals surface area (Å²) in [6, 6.07) is 5.13. The van der Waals surface area contributed by atoms with Crippen LogP contribution < -0.4 is 4.74 Å². The van der Waals surface area contributed by atoms with E-state index in [1.807, 2.05) is 0 Å². The van der Waals surface area contributed by atoms with E-state index in [9.17, 15) is 4.79 Å². The number of benzene rings is 1. The average molecular weight is 313 g/mol. The van der Waals surface area contributed by atoms with Crippen molar-refractivity contribution in [2.45, 2.75) is 20.3 Å². The monoisotopic (exact) mass is 312 g/mol. The molecule has 1 N–H and O–H groups in total. The van der Waals surface area contributed by atoms with Crippen molar-refractivity contribution in [1.29, 1.82) is 0 Å². The summed E-state index contributed by atoms with van der Waals surface area (Å²) in [6.45, 7) is 5.99. The lowest BCUT2D eigenvalue weighted by Gasteiger charge is -2.10. The topological polar surface area (TPSA) is 55.8 Å². The van der Waals surface area contributed by atoms with Crippen molar-refractivity contribution in [2.75, 3.05) is 19.8 Å². The van der Waals surface area contributed by atoms with E-state index in [2.05, 4.69) is 13.8 Å². The van der Waals surface area contributed by atoms with Gasteiger partial charge in [0.2, 0.25) is 0 Å². The normalized spacial score (nSPS) is 11.2. The Bertz CT molecular complexity index is 483. The van der Waals surface area contributed by atoms with E-state index in [1.54, 1.807) is 18.2 Å². The van der Waals surface area contributed by atoms with Crippen molar-refractivity contribution < 1.29 is 19.4 Å². The van der Waals surface area contributed by atoms with Gasteiger partial charge < -0.3 is 14.6 Å². The van der Waals surface area contributed by atoms with Crippen LogP contribution in [0.15, 0.2) is 24.3 Å². The van der Waals surface area contributed by atoms with Gasteiger partial charge in [-0.3, -0.25) is 0 Å². The molecule has 0 amide bonds. The third-order valence-electron chi connectivity index (χ3n) is 2.70. The number of aliphatic carboxylic acids is 1. The maximum atomic E-state index is 10.4. The van der Waals surface area contributed by atoms with Crippen LogP contribution in [0.25, 0.3) is 6.08 Å². The predicted molar refractivity (Wildman–Crippen MR) is 83.9 cm³/mol. The first kappa shape index (κ1) is 17.5. The van der Waals surface area contributed by atoms with Gasteiger partial charge in [0, 0.05) is 12.7 Å². The first-order valence-corrected chi connectivity index (χ1v) is 7.28. The van der Waals surface area contributed by atoms with E-state index < -0.39 is 5.97 Å². The van der Waals surface area contributed by atoms with E-state index >= 15 is 0 Å².